The highest BCUT2D eigenvalue weighted by Gasteiger charge is 2.15. The topological polar surface area (TPSA) is 108 Å². The van der Waals surface area contributed by atoms with Crippen LogP contribution in [0.4, 0.5) is 17.1 Å². The summed E-state index contributed by atoms with van der Waals surface area (Å²) in [7, 11) is 0. The van der Waals surface area contributed by atoms with Gasteiger partial charge in [-0.25, -0.2) is 0 Å². The van der Waals surface area contributed by atoms with Crippen LogP contribution in [0.5, 0.6) is 11.5 Å². The first kappa shape index (κ1) is 17.4. The molecule has 0 aromatic heterocycles. The summed E-state index contributed by atoms with van der Waals surface area (Å²) in [5, 5.41) is 38.9. The number of aromatic hydroxyl groups is 2. The lowest BCUT2D eigenvalue weighted by atomic mass is 10.0. The van der Waals surface area contributed by atoms with Crippen LogP contribution in [0.15, 0.2) is 70.9 Å². The van der Waals surface area contributed by atoms with E-state index in [0.717, 1.165) is 0 Å². The first-order valence-electron chi connectivity index (χ1n) is 7.43. The van der Waals surface area contributed by atoms with E-state index in [9.17, 15) is 20.3 Å². The van der Waals surface area contributed by atoms with Crippen molar-refractivity contribution in [2.75, 3.05) is 0 Å². The van der Waals surface area contributed by atoms with Gasteiger partial charge in [0.15, 0.2) is 5.69 Å². The predicted octanol–water partition coefficient (Wildman–Crippen LogP) is 5.74. The molecule has 0 aliphatic rings. The van der Waals surface area contributed by atoms with Crippen molar-refractivity contribution in [2.45, 2.75) is 0 Å². The summed E-state index contributed by atoms with van der Waals surface area (Å²) in [6, 6.07) is 15.2. The highest BCUT2D eigenvalue weighted by molar-refractivity contribution is 6.30. The number of nitro benzene ring substituents is 1. The Hall–Kier alpha value is -3.45. The summed E-state index contributed by atoms with van der Waals surface area (Å²) in [4.78, 5) is 10.6. The molecule has 0 spiro atoms. The lowest BCUT2D eigenvalue weighted by Crippen LogP contribution is -1.88. The van der Waals surface area contributed by atoms with Gasteiger partial charge in [0, 0.05) is 28.3 Å². The first-order chi connectivity index (χ1) is 12.5. The molecule has 8 heteroatoms. The van der Waals surface area contributed by atoms with Crippen LogP contribution in [0.3, 0.4) is 0 Å². The van der Waals surface area contributed by atoms with Crippen molar-refractivity contribution in [2.24, 2.45) is 10.2 Å². The van der Waals surface area contributed by atoms with E-state index in [1.165, 1.54) is 30.3 Å². The molecule has 0 fully saturated rings. The maximum atomic E-state index is 11.1. The van der Waals surface area contributed by atoms with Crippen LogP contribution in [0.25, 0.3) is 11.1 Å². The van der Waals surface area contributed by atoms with E-state index < -0.39 is 4.92 Å². The molecule has 0 aliphatic heterocycles. The quantitative estimate of drug-likeness (QED) is 0.347. The normalized spacial score (nSPS) is 11.0. The maximum absolute atomic E-state index is 11.1. The molecule has 26 heavy (non-hydrogen) atoms. The lowest BCUT2D eigenvalue weighted by molar-refractivity contribution is -0.384. The number of azo groups is 1. The number of hydrogen-bond acceptors (Lipinski definition) is 6. The van der Waals surface area contributed by atoms with Gasteiger partial charge in [0.05, 0.1) is 10.6 Å². The van der Waals surface area contributed by atoms with E-state index in [0.29, 0.717) is 16.8 Å². The van der Waals surface area contributed by atoms with E-state index in [4.69, 9.17) is 11.6 Å². The van der Waals surface area contributed by atoms with Crippen LogP contribution in [0, 0.1) is 10.1 Å². The average molecular weight is 370 g/mol. The lowest BCUT2D eigenvalue weighted by Gasteiger charge is -2.07. The molecule has 2 N–H and O–H groups in total. The molecule has 0 saturated heterocycles. The average Bonchev–Trinajstić information content (AvgIpc) is 2.61. The second kappa shape index (κ2) is 7.20. The number of hydrogen-bond donors (Lipinski definition) is 2. The van der Waals surface area contributed by atoms with Crippen molar-refractivity contribution >= 4 is 28.7 Å². The van der Waals surface area contributed by atoms with Gasteiger partial charge in [0.25, 0.3) is 5.69 Å². The third-order valence-electron chi connectivity index (χ3n) is 3.58. The van der Waals surface area contributed by atoms with Gasteiger partial charge in [-0.3, -0.25) is 10.1 Å². The zero-order valence-electron chi connectivity index (χ0n) is 13.2. The van der Waals surface area contributed by atoms with Gasteiger partial charge in [-0.15, -0.1) is 10.2 Å². The summed E-state index contributed by atoms with van der Waals surface area (Å²) in [6.07, 6.45) is 0. The first-order valence-corrected chi connectivity index (χ1v) is 7.80. The monoisotopic (exact) mass is 369 g/mol. The molecule has 0 aliphatic carbocycles. The number of nitrogens with zero attached hydrogens (tertiary/aromatic N) is 3. The minimum absolute atomic E-state index is 0.0594. The molecule has 3 aromatic rings. The highest BCUT2D eigenvalue weighted by atomic mass is 35.5. The minimum Gasteiger partial charge on any atom is -0.508 e. The second-order valence-electron chi connectivity index (χ2n) is 5.31. The van der Waals surface area contributed by atoms with E-state index in [1.807, 2.05) is 0 Å². The van der Waals surface area contributed by atoms with Gasteiger partial charge in [0.1, 0.15) is 11.5 Å². The fourth-order valence-corrected chi connectivity index (χ4v) is 2.54. The molecule has 7 nitrogen and oxygen atoms in total. The van der Waals surface area contributed by atoms with Crippen molar-refractivity contribution in [3.05, 3.63) is 75.8 Å². The number of phenolic OH excluding ortho intramolecular Hbond substituents is 2. The molecular formula is C18H12ClN3O4. The number of benzene rings is 3. The van der Waals surface area contributed by atoms with E-state index in [2.05, 4.69) is 10.2 Å². The van der Waals surface area contributed by atoms with Crippen molar-refractivity contribution in [1.29, 1.82) is 0 Å². The Labute approximate surface area is 153 Å². The third kappa shape index (κ3) is 3.62. The Morgan fingerprint density at radius 3 is 2.35 bits per heavy atom. The molecule has 0 unspecified atom stereocenters. The Bertz CT molecular complexity index is 1020. The van der Waals surface area contributed by atoms with Crippen molar-refractivity contribution < 1.29 is 15.1 Å². The number of halogens is 1. The zero-order valence-corrected chi connectivity index (χ0v) is 14.0. The minimum atomic E-state index is -0.585. The number of nitro groups is 1. The third-order valence-corrected chi connectivity index (χ3v) is 3.81. The van der Waals surface area contributed by atoms with Crippen LogP contribution in [-0.4, -0.2) is 15.1 Å². The predicted molar refractivity (Wildman–Crippen MR) is 97.5 cm³/mol. The molecule has 3 aromatic carbocycles. The number of phenols is 2. The smallest absolute Gasteiger partial charge is 0.298 e. The van der Waals surface area contributed by atoms with Crippen LogP contribution in [-0.2, 0) is 0 Å². The SMILES string of the molecule is O=[N+]([O-])c1cc(Cl)ccc1N=Nc1ccccc1-c1ccc(O)cc1O. The molecule has 0 amide bonds. The van der Waals surface area contributed by atoms with Crippen LogP contribution in [0.1, 0.15) is 0 Å². The molecule has 0 atom stereocenters. The van der Waals surface area contributed by atoms with Crippen molar-refractivity contribution in [3.8, 4) is 22.6 Å². The van der Waals surface area contributed by atoms with Crippen LogP contribution in [0.2, 0.25) is 5.02 Å². The largest absolute Gasteiger partial charge is 0.508 e. The Balaban J connectivity index is 2.05. The van der Waals surface area contributed by atoms with Gasteiger partial charge in [-0.1, -0.05) is 29.8 Å². The summed E-state index contributed by atoms with van der Waals surface area (Å²) >= 11 is 5.79. The van der Waals surface area contributed by atoms with Crippen molar-refractivity contribution in [1.82, 2.24) is 0 Å². The summed E-state index contributed by atoms with van der Waals surface area (Å²) < 4.78 is 0. The summed E-state index contributed by atoms with van der Waals surface area (Å²) in [5.74, 6) is -0.188. The Morgan fingerprint density at radius 2 is 1.62 bits per heavy atom. The van der Waals surface area contributed by atoms with E-state index in [1.54, 1.807) is 30.3 Å². The highest BCUT2D eigenvalue weighted by Crippen LogP contribution is 2.39. The number of rotatable bonds is 4. The van der Waals surface area contributed by atoms with E-state index in [-0.39, 0.29) is 27.9 Å². The Morgan fingerprint density at radius 1 is 0.885 bits per heavy atom. The standard InChI is InChI=1S/C18H12ClN3O4/c19-11-5-8-16(17(9-11)22(25)26)21-20-15-4-2-1-3-13(15)14-7-6-12(23)10-18(14)24/h1-10,23-24H. The fraction of sp³-hybridized carbons (Fsp3) is 0. The Kier molecular flexibility index (Phi) is 4.81. The molecular weight excluding hydrogens is 358 g/mol. The molecule has 0 saturated carbocycles. The van der Waals surface area contributed by atoms with Crippen LogP contribution >= 0.6 is 11.6 Å². The molecule has 0 heterocycles. The van der Waals surface area contributed by atoms with Gasteiger partial charge in [-0.2, -0.15) is 0 Å². The molecule has 130 valence electrons. The molecule has 0 bridgehead atoms. The van der Waals surface area contributed by atoms with Gasteiger partial charge >= 0.3 is 0 Å². The van der Waals surface area contributed by atoms with E-state index >= 15 is 0 Å². The zero-order chi connectivity index (χ0) is 18.7. The molecule has 3 rings (SSSR count). The summed E-state index contributed by atoms with van der Waals surface area (Å²) in [5.41, 5.74) is 1.21. The summed E-state index contributed by atoms with van der Waals surface area (Å²) in [6.45, 7) is 0. The molecule has 0 radical (unpaired) electrons. The van der Waals surface area contributed by atoms with Gasteiger partial charge < -0.3 is 10.2 Å². The maximum Gasteiger partial charge on any atom is 0.298 e. The van der Waals surface area contributed by atoms with Gasteiger partial charge in [0.2, 0.25) is 0 Å². The van der Waals surface area contributed by atoms with Crippen molar-refractivity contribution in [3.63, 3.8) is 0 Å². The van der Waals surface area contributed by atoms with Gasteiger partial charge in [-0.05, 0) is 30.3 Å². The fourth-order valence-electron chi connectivity index (χ4n) is 2.37. The van der Waals surface area contributed by atoms with Crippen LogP contribution < -0.4 is 0 Å². The second-order valence-corrected chi connectivity index (χ2v) is 5.75.